The Morgan fingerprint density at radius 1 is 1.12 bits per heavy atom. The predicted octanol–water partition coefficient (Wildman–Crippen LogP) is 2.51. The molecule has 1 aromatic rings. The summed E-state index contributed by atoms with van der Waals surface area (Å²) in [6.07, 6.45) is 2.11. The van der Waals surface area contributed by atoms with Crippen LogP contribution >= 0.6 is 0 Å². The second-order valence-corrected chi connectivity index (χ2v) is 5.55. The summed E-state index contributed by atoms with van der Waals surface area (Å²) in [4.78, 5) is 0. The van der Waals surface area contributed by atoms with Crippen molar-refractivity contribution in [3.05, 3.63) is 34.9 Å². The maximum absolute atomic E-state index is 10.8. The van der Waals surface area contributed by atoms with Crippen molar-refractivity contribution >= 4 is 0 Å². The molecule has 0 amide bonds. The van der Waals surface area contributed by atoms with Crippen molar-refractivity contribution < 1.29 is 5.11 Å². The van der Waals surface area contributed by atoms with Crippen LogP contribution in [0, 0.1) is 19.8 Å². The summed E-state index contributed by atoms with van der Waals surface area (Å²) in [5.74, 6) is 0.366. The molecule has 1 fully saturated rings. The van der Waals surface area contributed by atoms with Crippen LogP contribution in [0.3, 0.4) is 0 Å². The largest absolute Gasteiger partial charge is 0.385 e. The molecular weight excluding hydrogens is 210 g/mol. The molecular formula is C15H23NO. The lowest BCUT2D eigenvalue weighted by Crippen LogP contribution is -2.39. The molecule has 17 heavy (non-hydrogen) atoms. The van der Waals surface area contributed by atoms with Crippen molar-refractivity contribution in [3.63, 3.8) is 0 Å². The Hall–Kier alpha value is -0.860. The van der Waals surface area contributed by atoms with E-state index in [1.807, 2.05) is 6.92 Å². The van der Waals surface area contributed by atoms with E-state index in [1.54, 1.807) is 0 Å². The van der Waals surface area contributed by atoms with Crippen LogP contribution in [-0.2, 0) is 5.60 Å². The Labute approximate surface area is 104 Å². The van der Waals surface area contributed by atoms with Crippen molar-refractivity contribution in [3.8, 4) is 0 Å². The summed E-state index contributed by atoms with van der Waals surface area (Å²) in [5, 5.41) is 14.2. The molecule has 0 aromatic heterocycles. The van der Waals surface area contributed by atoms with E-state index in [9.17, 15) is 5.11 Å². The third-order valence-electron chi connectivity index (χ3n) is 3.94. The van der Waals surface area contributed by atoms with Crippen LogP contribution in [-0.4, -0.2) is 18.2 Å². The summed E-state index contributed by atoms with van der Waals surface area (Å²) in [7, 11) is 0. The second kappa shape index (κ2) is 4.79. The zero-order valence-corrected chi connectivity index (χ0v) is 11.1. The minimum Gasteiger partial charge on any atom is -0.385 e. The maximum Gasteiger partial charge on any atom is 0.0897 e. The molecule has 2 heteroatoms. The minimum atomic E-state index is -0.696. The van der Waals surface area contributed by atoms with E-state index in [-0.39, 0.29) is 0 Å². The lowest BCUT2D eigenvalue weighted by atomic mass is 9.77. The predicted molar refractivity (Wildman–Crippen MR) is 71.1 cm³/mol. The Kier molecular flexibility index (Phi) is 3.55. The molecule has 0 aliphatic carbocycles. The Balaban J connectivity index is 2.29. The van der Waals surface area contributed by atoms with Gasteiger partial charge in [-0.1, -0.05) is 29.3 Å². The maximum atomic E-state index is 10.8. The van der Waals surface area contributed by atoms with Crippen molar-refractivity contribution in [2.45, 2.75) is 39.2 Å². The van der Waals surface area contributed by atoms with Gasteiger partial charge < -0.3 is 10.4 Å². The summed E-state index contributed by atoms with van der Waals surface area (Å²) < 4.78 is 0. The lowest BCUT2D eigenvalue weighted by molar-refractivity contribution is -0.0187. The second-order valence-electron chi connectivity index (χ2n) is 5.55. The molecule has 0 bridgehead atoms. The van der Waals surface area contributed by atoms with E-state index in [0.717, 1.165) is 31.5 Å². The van der Waals surface area contributed by atoms with Gasteiger partial charge in [0.2, 0.25) is 0 Å². The molecule has 2 nitrogen and oxygen atoms in total. The van der Waals surface area contributed by atoms with E-state index < -0.39 is 5.60 Å². The summed E-state index contributed by atoms with van der Waals surface area (Å²) >= 11 is 0. The van der Waals surface area contributed by atoms with Gasteiger partial charge in [0.25, 0.3) is 0 Å². The van der Waals surface area contributed by atoms with Gasteiger partial charge in [0.1, 0.15) is 0 Å². The molecule has 0 radical (unpaired) electrons. The number of aliphatic hydroxyl groups is 1. The molecule has 0 spiro atoms. The van der Waals surface area contributed by atoms with E-state index in [0.29, 0.717) is 5.92 Å². The van der Waals surface area contributed by atoms with Crippen LogP contribution in [0.25, 0.3) is 0 Å². The van der Waals surface area contributed by atoms with Crippen LogP contribution < -0.4 is 5.32 Å². The Morgan fingerprint density at radius 3 is 2.18 bits per heavy atom. The van der Waals surface area contributed by atoms with Crippen molar-refractivity contribution in [1.82, 2.24) is 5.32 Å². The average Bonchev–Trinajstić information content (AvgIpc) is 2.29. The highest BCUT2D eigenvalue weighted by Gasteiger charge is 2.34. The zero-order chi connectivity index (χ0) is 12.5. The van der Waals surface area contributed by atoms with Gasteiger partial charge in [0.05, 0.1) is 5.60 Å². The molecule has 2 N–H and O–H groups in total. The third kappa shape index (κ3) is 2.70. The number of rotatable bonds is 2. The molecule has 1 aromatic carbocycles. The highest BCUT2D eigenvalue weighted by atomic mass is 16.3. The molecule has 1 saturated heterocycles. The SMILES string of the molecule is Cc1cc(C)cc(C(C)(O)C2CCNCC2)c1. The fraction of sp³-hybridized carbons (Fsp3) is 0.600. The molecule has 1 heterocycles. The number of piperidine rings is 1. The summed E-state index contributed by atoms with van der Waals surface area (Å²) in [5.41, 5.74) is 2.84. The van der Waals surface area contributed by atoms with Gasteiger partial charge >= 0.3 is 0 Å². The molecule has 1 unspecified atom stereocenters. The van der Waals surface area contributed by atoms with Gasteiger partial charge in [-0.25, -0.2) is 0 Å². The molecule has 1 aliphatic heterocycles. The Morgan fingerprint density at radius 2 is 1.65 bits per heavy atom. The molecule has 1 atom stereocenters. The van der Waals surface area contributed by atoms with Crippen molar-refractivity contribution in [1.29, 1.82) is 0 Å². The fourth-order valence-corrected chi connectivity index (χ4v) is 2.89. The normalized spacial score (nSPS) is 21.2. The number of benzene rings is 1. The van der Waals surface area contributed by atoms with Gasteiger partial charge in [-0.05, 0) is 58.2 Å². The smallest absolute Gasteiger partial charge is 0.0897 e. The van der Waals surface area contributed by atoms with Crippen LogP contribution in [0.15, 0.2) is 18.2 Å². The topological polar surface area (TPSA) is 32.3 Å². The van der Waals surface area contributed by atoms with Gasteiger partial charge in [-0.2, -0.15) is 0 Å². The first-order valence-electron chi connectivity index (χ1n) is 6.52. The number of hydrogen-bond acceptors (Lipinski definition) is 2. The highest BCUT2D eigenvalue weighted by molar-refractivity contribution is 5.32. The van der Waals surface area contributed by atoms with Gasteiger partial charge in [0.15, 0.2) is 0 Å². The standard InChI is InChI=1S/C15H23NO/c1-11-8-12(2)10-14(9-11)15(3,17)13-4-6-16-7-5-13/h8-10,13,16-17H,4-7H2,1-3H3. The van der Waals surface area contributed by atoms with Crippen LogP contribution in [0.4, 0.5) is 0 Å². The number of hydrogen-bond donors (Lipinski definition) is 2. The van der Waals surface area contributed by atoms with Crippen LogP contribution in [0.5, 0.6) is 0 Å². The van der Waals surface area contributed by atoms with Crippen LogP contribution in [0.1, 0.15) is 36.5 Å². The molecule has 1 aliphatic rings. The number of aryl methyl sites for hydroxylation is 2. The third-order valence-corrected chi connectivity index (χ3v) is 3.94. The van der Waals surface area contributed by atoms with E-state index in [4.69, 9.17) is 0 Å². The zero-order valence-electron chi connectivity index (χ0n) is 11.1. The number of nitrogens with one attached hydrogen (secondary N) is 1. The quantitative estimate of drug-likeness (QED) is 0.822. The van der Waals surface area contributed by atoms with Gasteiger partial charge in [0, 0.05) is 0 Å². The van der Waals surface area contributed by atoms with Crippen molar-refractivity contribution in [2.75, 3.05) is 13.1 Å². The van der Waals surface area contributed by atoms with Gasteiger partial charge in [-0.15, -0.1) is 0 Å². The Bertz CT molecular complexity index is 372. The molecule has 0 saturated carbocycles. The van der Waals surface area contributed by atoms with Crippen LogP contribution in [0.2, 0.25) is 0 Å². The average molecular weight is 233 g/mol. The van der Waals surface area contributed by atoms with E-state index in [2.05, 4.69) is 37.4 Å². The molecule has 94 valence electrons. The van der Waals surface area contributed by atoms with E-state index >= 15 is 0 Å². The summed E-state index contributed by atoms with van der Waals surface area (Å²) in [6, 6.07) is 6.39. The molecule has 2 rings (SSSR count). The van der Waals surface area contributed by atoms with Gasteiger partial charge in [-0.3, -0.25) is 0 Å². The van der Waals surface area contributed by atoms with Crippen molar-refractivity contribution in [2.24, 2.45) is 5.92 Å². The summed E-state index contributed by atoms with van der Waals surface area (Å²) in [6.45, 7) is 8.19. The first kappa shape index (κ1) is 12.6. The highest BCUT2D eigenvalue weighted by Crippen LogP contribution is 2.35. The fourth-order valence-electron chi connectivity index (χ4n) is 2.89. The monoisotopic (exact) mass is 233 g/mol. The first-order chi connectivity index (χ1) is 8.00. The lowest BCUT2D eigenvalue weighted by Gasteiger charge is -2.36. The minimum absolute atomic E-state index is 0.366. The first-order valence-corrected chi connectivity index (χ1v) is 6.52. The van der Waals surface area contributed by atoms with E-state index in [1.165, 1.54) is 11.1 Å².